The lowest BCUT2D eigenvalue weighted by molar-refractivity contribution is 0.0952. The third-order valence-corrected chi connectivity index (χ3v) is 3.14. The van der Waals surface area contributed by atoms with E-state index < -0.39 is 0 Å². The zero-order chi connectivity index (χ0) is 15.9. The molecule has 2 aromatic rings. The SMILES string of the molecule is COc1ccc(CNC(=O)c2ccccc2NC(N)=S)cc1. The molecule has 2 aromatic carbocycles. The minimum atomic E-state index is -0.199. The fourth-order valence-corrected chi connectivity index (χ4v) is 2.05. The highest BCUT2D eigenvalue weighted by Gasteiger charge is 2.10. The third kappa shape index (κ3) is 4.20. The normalized spacial score (nSPS) is 9.86. The maximum atomic E-state index is 12.3. The summed E-state index contributed by atoms with van der Waals surface area (Å²) in [5.74, 6) is 0.580. The van der Waals surface area contributed by atoms with Gasteiger partial charge in [-0.25, -0.2) is 0 Å². The first-order chi connectivity index (χ1) is 10.6. The van der Waals surface area contributed by atoms with E-state index in [2.05, 4.69) is 10.6 Å². The van der Waals surface area contributed by atoms with Gasteiger partial charge in [-0.2, -0.15) is 0 Å². The molecule has 6 heteroatoms. The Morgan fingerprint density at radius 3 is 2.50 bits per heavy atom. The van der Waals surface area contributed by atoms with E-state index in [1.165, 1.54) is 0 Å². The van der Waals surface area contributed by atoms with Crippen molar-refractivity contribution in [2.45, 2.75) is 6.54 Å². The second-order valence-corrected chi connectivity index (χ2v) is 5.01. The summed E-state index contributed by atoms with van der Waals surface area (Å²) < 4.78 is 5.10. The Morgan fingerprint density at radius 1 is 1.18 bits per heavy atom. The van der Waals surface area contributed by atoms with E-state index in [0.29, 0.717) is 17.8 Å². The predicted molar refractivity (Wildman–Crippen MR) is 91.0 cm³/mol. The molecule has 5 nitrogen and oxygen atoms in total. The molecular weight excluding hydrogens is 298 g/mol. The molecule has 0 bridgehead atoms. The van der Waals surface area contributed by atoms with Crippen molar-refractivity contribution in [3.63, 3.8) is 0 Å². The van der Waals surface area contributed by atoms with Crippen molar-refractivity contribution in [2.24, 2.45) is 5.73 Å². The number of anilines is 1. The zero-order valence-corrected chi connectivity index (χ0v) is 12.9. The van der Waals surface area contributed by atoms with Crippen molar-refractivity contribution in [2.75, 3.05) is 12.4 Å². The average molecular weight is 315 g/mol. The molecule has 114 valence electrons. The van der Waals surface area contributed by atoms with E-state index in [1.807, 2.05) is 24.3 Å². The summed E-state index contributed by atoms with van der Waals surface area (Å²) in [6, 6.07) is 14.6. The molecule has 1 amide bonds. The molecule has 0 saturated carbocycles. The van der Waals surface area contributed by atoms with Crippen LogP contribution in [0.3, 0.4) is 0 Å². The summed E-state index contributed by atoms with van der Waals surface area (Å²) in [6.45, 7) is 0.421. The van der Waals surface area contributed by atoms with Crippen LogP contribution >= 0.6 is 12.2 Å². The van der Waals surface area contributed by atoms with Crippen LogP contribution in [0.4, 0.5) is 5.69 Å². The molecule has 0 fully saturated rings. The Morgan fingerprint density at radius 2 is 1.86 bits per heavy atom. The molecule has 0 spiro atoms. The number of rotatable bonds is 5. The van der Waals surface area contributed by atoms with Gasteiger partial charge >= 0.3 is 0 Å². The van der Waals surface area contributed by atoms with Gasteiger partial charge in [0.15, 0.2) is 5.11 Å². The molecule has 22 heavy (non-hydrogen) atoms. The second-order valence-electron chi connectivity index (χ2n) is 4.57. The Kier molecular flexibility index (Phi) is 5.32. The Labute approximate surface area is 134 Å². The number of nitrogens with two attached hydrogens (primary N) is 1. The molecule has 0 heterocycles. The number of carbonyl (C=O) groups excluding carboxylic acids is 1. The highest BCUT2D eigenvalue weighted by Crippen LogP contribution is 2.15. The molecule has 0 unspecified atom stereocenters. The van der Waals surface area contributed by atoms with Gasteiger partial charge in [0.1, 0.15) is 5.75 Å². The summed E-state index contributed by atoms with van der Waals surface area (Å²) in [7, 11) is 1.61. The van der Waals surface area contributed by atoms with Gasteiger partial charge in [-0.3, -0.25) is 4.79 Å². The van der Waals surface area contributed by atoms with E-state index in [4.69, 9.17) is 22.7 Å². The molecule has 0 atom stereocenters. The van der Waals surface area contributed by atoms with Gasteiger partial charge in [-0.05, 0) is 42.0 Å². The van der Waals surface area contributed by atoms with Gasteiger partial charge in [-0.15, -0.1) is 0 Å². The first kappa shape index (κ1) is 15.8. The lowest BCUT2D eigenvalue weighted by Gasteiger charge is -2.11. The minimum absolute atomic E-state index is 0.121. The van der Waals surface area contributed by atoms with E-state index in [1.54, 1.807) is 31.4 Å². The molecule has 4 N–H and O–H groups in total. The lowest BCUT2D eigenvalue weighted by atomic mass is 10.1. The van der Waals surface area contributed by atoms with Crippen molar-refractivity contribution in [3.8, 4) is 5.75 Å². The maximum Gasteiger partial charge on any atom is 0.253 e. The van der Waals surface area contributed by atoms with Gasteiger partial charge in [-0.1, -0.05) is 24.3 Å². The van der Waals surface area contributed by atoms with Crippen LogP contribution in [0.25, 0.3) is 0 Å². The summed E-state index contributed by atoms with van der Waals surface area (Å²) in [5, 5.41) is 5.78. The zero-order valence-electron chi connectivity index (χ0n) is 12.1. The fraction of sp³-hybridized carbons (Fsp3) is 0.125. The van der Waals surface area contributed by atoms with E-state index in [-0.39, 0.29) is 11.0 Å². The number of hydrogen-bond acceptors (Lipinski definition) is 3. The number of amides is 1. The third-order valence-electron chi connectivity index (χ3n) is 3.04. The van der Waals surface area contributed by atoms with Crippen LogP contribution < -0.4 is 21.1 Å². The van der Waals surface area contributed by atoms with E-state index in [0.717, 1.165) is 11.3 Å². The number of hydrogen-bond donors (Lipinski definition) is 3. The topological polar surface area (TPSA) is 76.4 Å². The average Bonchev–Trinajstić information content (AvgIpc) is 2.53. The van der Waals surface area contributed by atoms with Crippen LogP contribution in [0.2, 0.25) is 0 Å². The molecule has 0 aliphatic rings. The number of para-hydroxylation sites is 1. The summed E-state index contributed by atoms with van der Waals surface area (Å²) >= 11 is 4.81. The summed E-state index contributed by atoms with van der Waals surface area (Å²) in [6.07, 6.45) is 0. The highest BCUT2D eigenvalue weighted by molar-refractivity contribution is 7.80. The first-order valence-electron chi connectivity index (χ1n) is 6.67. The number of ether oxygens (including phenoxy) is 1. The molecule has 2 rings (SSSR count). The molecule has 0 aliphatic heterocycles. The summed E-state index contributed by atoms with van der Waals surface area (Å²) in [5.41, 5.74) is 7.52. The molecule has 0 radical (unpaired) electrons. The highest BCUT2D eigenvalue weighted by atomic mass is 32.1. The monoisotopic (exact) mass is 315 g/mol. The molecule has 0 aliphatic carbocycles. The van der Waals surface area contributed by atoms with Crippen molar-refractivity contribution >= 4 is 28.9 Å². The predicted octanol–water partition coefficient (Wildman–Crippen LogP) is 2.28. The number of benzene rings is 2. The van der Waals surface area contributed by atoms with Crippen molar-refractivity contribution in [1.82, 2.24) is 5.32 Å². The van der Waals surface area contributed by atoms with Crippen LogP contribution in [-0.4, -0.2) is 18.1 Å². The Hall–Kier alpha value is -2.60. The van der Waals surface area contributed by atoms with Gasteiger partial charge in [0.05, 0.1) is 18.4 Å². The first-order valence-corrected chi connectivity index (χ1v) is 7.07. The number of nitrogens with one attached hydrogen (secondary N) is 2. The summed E-state index contributed by atoms with van der Waals surface area (Å²) in [4.78, 5) is 12.3. The lowest BCUT2D eigenvalue weighted by Crippen LogP contribution is -2.26. The molecular formula is C16H17N3O2S. The van der Waals surface area contributed by atoms with Crippen LogP contribution in [0.1, 0.15) is 15.9 Å². The Balaban J connectivity index is 2.04. The van der Waals surface area contributed by atoms with Crippen molar-refractivity contribution < 1.29 is 9.53 Å². The van der Waals surface area contributed by atoms with Crippen LogP contribution in [0.5, 0.6) is 5.75 Å². The van der Waals surface area contributed by atoms with E-state index in [9.17, 15) is 4.79 Å². The van der Waals surface area contributed by atoms with Crippen molar-refractivity contribution in [1.29, 1.82) is 0 Å². The fourth-order valence-electron chi connectivity index (χ4n) is 1.94. The molecule has 0 aromatic heterocycles. The van der Waals surface area contributed by atoms with Gasteiger partial charge in [0.2, 0.25) is 0 Å². The van der Waals surface area contributed by atoms with Gasteiger partial charge < -0.3 is 21.1 Å². The second kappa shape index (κ2) is 7.42. The number of methoxy groups -OCH3 is 1. The number of thiocarbonyl (C=S) groups is 1. The quantitative estimate of drug-likeness (QED) is 0.738. The standard InChI is InChI=1S/C16H17N3O2S/c1-21-12-8-6-11(7-9-12)10-18-15(20)13-4-2-3-5-14(13)19-16(17)22/h2-9H,10H2,1H3,(H,18,20)(H3,17,19,22). The Bertz CT molecular complexity index is 671. The van der Waals surface area contributed by atoms with E-state index >= 15 is 0 Å². The minimum Gasteiger partial charge on any atom is -0.497 e. The largest absolute Gasteiger partial charge is 0.497 e. The number of carbonyl (C=O) groups is 1. The van der Waals surface area contributed by atoms with Gasteiger partial charge in [0.25, 0.3) is 5.91 Å². The van der Waals surface area contributed by atoms with Crippen LogP contribution in [0.15, 0.2) is 48.5 Å². The molecule has 0 saturated heterocycles. The maximum absolute atomic E-state index is 12.3. The smallest absolute Gasteiger partial charge is 0.253 e. The van der Waals surface area contributed by atoms with Gasteiger partial charge in [0, 0.05) is 6.54 Å². The van der Waals surface area contributed by atoms with Crippen molar-refractivity contribution in [3.05, 3.63) is 59.7 Å². The van der Waals surface area contributed by atoms with Crippen LogP contribution in [-0.2, 0) is 6.54 Å². The van der Waals surface area contributed by atoms with Crippen LogP contribution in [0, 0.1) is 0 Å².